The largest absolute Gasteiger partial charge is 0.359 e. The lowest BCUT2D eigenvalue weighted by Gasteiger charge is -2.27. The summed E-state index contributed by atoms with van der Waals surface area (Å²) < 4.78 is 0. The van der Waals surface area contributed by atoms with Gasteiger partial charge in [0, 0.05) is 27.5 Å². The molecule has 3 nitrogen and oxygen atoms in total. The first-order chi connectivity index (χ1) is 14.0. The van der Waals surface area contributed by atoms with Gasteiger partial charge < -0.3 is 10.6 Å². The number of rotatable bonds is 5. The van der Waals surface area contributed by atoms with E-state index in [0.29, 0.717) is 5.02 Å². The molecule has 2 aromatic rings. The molecular weight excluding hydrogens is 378 g/mol. The van der Waals surface area contributed by atoms with Crippen molar-refractivity contribution in [3.05, 3.63) is 88.6 Å². The number of hydrogen-bond donors (Lipinski definition) is 2. The van der Waals surface area contributed by atoms with Gasteiger partial charge in [0.15, 0.2) is 0 Å². The molecular formula is C25H32ClN3. The maximum Gasteiger partial charge on any atom is 0.148 e. The number of amidine groups is 1. The van der Waals surface area contributed by atoms with Crippen LogP contribution in [-0.4, -0.2) is 5.84 Å². The molecule has 3 rings (SSSR count). The molecule has 0 aromatic heterocycles. The van der Waals surface area contributed by atoms with Crippen LogP contribution in [0.2, 0.25) is 5.02 Å². The van der Waals surface area contributed by atoms with Gasteiger partial charge in [-0.05, 0) is 38.1 Å². The monoisotopic (exact) mass is 409 g/mol. The Morgan fingerprint density at radius 3 is 2.38 bits per heavy atom. The van der Waals surface area contributed by atoms with Gasteiger partial charge in [-0.25, -0.2) is 4.99 Å². The Hall–Kier alpha value is -2.52. The van der Waals surface area contributed by atoms with Gasteiger partial charge in [-0.2, -0.15) is 0 Å². The Balaban J connectivity index is 0.000000537. The molecule has 2 N–H and O–H groups in total. The first kappa shape index (κ1) is 22.8. The van der Waals surface area contributed by atoms with E-state index in [-0.39, 0.29) is 6.17 Å². The number of nitrogens with zero attached hydrogens (tertiary/aromatic N) is 1. The molecule has 0 aliphatic carbocycles. The highest BCUT2D eigenvalue weighted by Crippen LogP contribution is 2.32. The number of nitrogens with one attached hydrogen (secondary N) is 2. The highest BCUT2D eigenvalue weighted by molar-refractivity contribution is 6.31. The SMILES string of the molecule is C=C(C=C(C)C)NC1=NC(c2ccccc2Cl)Nc2ccccc21.CCCCC. The van der Waals surface area contributed by atoms with Crippen LogP contribution in [0.3, 0.4) is 0 Å². The lowest BCUT2D eigenvalue weighted by atomic mass is 10.1. The maximum absolute atomic E-state index is 6.35. The Morgan fingerprint density at radius 2 is 1.76 bits per heavy atom. The number of anilines is 1. The summed E-state index contributed by atoms with van der Waals surface area (Å²) in [5.41, 5.74) is 4.97. The van der Waals surface area contributed by atoms with E-state index in [1.54, 1.807) is 0 Å². The minimum absolute atomic E-state index is 0.240. The average Bonchev–Trinajstić information content (AvgIpc) is 2.69. The second-order valence-electron chi connectivity index (χ2n) is 7.32. The first-order valence-electron chi connectivity index (χ1n) is 10.2. The third kappa shape index (κ3) is 6.79. The molecule has 1 aliphatic heterocycles. The van der Waals surface area contributed by atoms with Crippen LogP contribution in [0.25, 0.3) is 0 Å². The van der Waals surface area contributed by atoms with E-state index in [0.717, 1.165) is 28.3 Å². The summed E-state index contributed by atoms with van der Waals surface area (Å²) >= 11 is 6.35. The van der Waals surface area contributed by atoms with Crippen molar-refractivity contribution in [1.82, 2.24) is 5.32 Å². The number of benzene rings is 2. The van der Waals surface area contributed by atoms with Crippen LogP contribution in [0.5, 0.6) is 0 Å². The zero-order valence-electron chi connectivity index (χ0n) is 17.9. The predicted octanol–water partition coefficient (Wildman–Crippen LogP) is 7.48. The zero-order valence-corrected chi connectivity index (χ0v) is 18.7. The van der Waals surface area contributed by atoms with Crippen molar-refractivity contribution in [3.63, 3.8) is 0 Å². The van der Waals surface area contributed by atoms with Crippen LogP contribution in [0, 0.1) is 0 Å². The van der Waals surface area contributed by atoms with Gasteiger partial charge in [-0.1, -0.05) is 87.2 Å². The summed E-state index contributed by atoms with van der Waals surface area (Å²) in [4.78, 5) is 4.82. The van der Waals surface area contributed by atoms with E-state index < -0.39 is 0 Å². The van der Waals surface area contributed by atoms with E-state index >= 15 is 0 Å². The summed E-state index contributed by atoms with van der Waals surface area (Å²) in [5.74, 6) is 0.789. The summed E-state index contributed by atoms with van der Waals surface area (Å²) in [6, 6.07) is 15.8. The van der Waals surface area contributed by atoms with E-state index in [1.807, 2.05) is 68.5 Å². The number of unbranched alkanes of at least 4 members (excludes halogenated alkanes) is 2. The fourth-order valence-electron chi connectivity index (χ4n) is 3.03. The number of fused-ring (bicyclic) bond motifs is 1. The van der Waals surface area contributed by atoms with Crippen molar-refractivity contribution in [2.24, 2.45) is 4.99 Å². The van der Waals surface area contributed by atoms with E-state index in [4.69, 9.17) is 16.6 Å². The van der Waals surface area contributed by atoms with Crippen LogP contribution in [0.4, 0.5) is 5.69 Å². The summed E-state index contributed by atoms with van der Waals surface area (Å²) in [5, 5.41) is 7.46. The Bertz CT molecular complexity index is 877. The zero-order chi connectivity index (χ0) is 21.2. The molecule has 0 bridgehead atoms. The molecule has 1 unspecified atom stereocenters. The molecule has 1 aliphatic rings. The topological polar surface area (TPSA) is 36.4 Å². The van der Waals surface area contributed by atoms with Crippen molar-refractivity contribution < 1.29 is 0 Å². The van der Waals surface area contributed by atoms with E-state index in [1.165, 1.54) is 24.8 Å². The molecule has 0 radical (unpaired) electrons. The molecule has 0 fully saturated rings. The fraction of sp³-hybridized carbons (Fsp3) is 0.320. The first-order valence-corrected chi connectivity index (χ1v) is 10.6. The molecule has 2 aromatic carbocycles. The summed E-state index contributed by atoms with van der Waals surface area (Å²) in [7, 11) is 0. The van der Waals surface area contributed by atoms with Gasteiger partial charge in [0.25, 0.3) is 0 Å². The van der Waals surface area contributed by atoms with Crippen molar-refractivity contribution in [2.45, 2.75) is 53.1 Å². The van der Waals surface area contributed by atoms with Gasteiger partial charge in [0.2, 0.25) is 0 Å². The fourth-order valence-corrected chi connectivity index (χ4v) is 3.27. The van der Waals surface area contributed by atoms with Gasteiger partial charge in [-0.3, -0.25) is 0 Å². The molecule has 0 spiro atoms. The standard InChI is InChI=1S/C20H20ClN3.C5H12/c1-13(2)12-14(3)22-20-16-9-5-7-11-18(16)23-19(24-20)15-8-4-6-10-17(15)21;1-3-5-4-2/h4-12,19,23H,3H2,1-2H3,(H,22,24);3-5H2,1-2H3. The number of halogens is 1. The van der Waals surface area contributed by atoms with E-state index in [9.17, 15) is 0 Å². The summed E-state index contributed by atoms with van der Waals surface area (Å²) in [6.45, 7) is 12.6. The van der Waals surface area contributed by atoms with Crippen LogP contribution < -0.4 is 10.6 Å². The number of hydrogen-bond acceptors (Lipinski definition) is 3. The normalized spacial score (nSPS) is 14.4. The van der Waals surface area contributed by atoms with Gasteiger partial charge in [0.05, 0.1) is 0 Å². The van der Waals surface area contributed by atoms with Crippen LogP contribution in [0.15, 0.2) is 77.4 Å². The van der Waals surface area contributed by atoms with Crippen molar-refractivity contribution in [2.75, 3.05) is 5.32 Å². The van der Waals surface area contributed by atoms with Crippen molar-refractivity contribution in [3.8, 4) is 0 Å². The maximum atomic E-state index is 6.35. The van der Waals surface area contributed by atoms with Crippen molar-refractivity contribution in [1.29, 1.82) is 0 Å². The Morgan fingerprint density at radius 1 is 1.10 bits per heavy atom. The minimum Gasteiger partial charge on any atom is -0.359 e. The molecule has 4 heteroatoms. The van der Waals surface area contributed by atoms with Crippen LogP contribution in [0.1, 0.15) is 64.3 Å². The van der Waals surface area contributed by atoms with E-state index in [2.05, 4.69) is 31.1 Å². The van der Waals surface area contributed by atoms with Crippen LogP contribution >= 0.6 is 11.6 Å². The number of allylic oxidation sites excluding steroid dienone is 2. The summed E-state index contributed by atoms with van der Waals surface area (Å²) in [6.07, 6.45) is 5.83. The lowest BCUT2D eigenvalue weighted by Crippen LogP contribution is -2.29. The van der Waals surface area contributed by atoms with Gasteiger partial charge in [-0.15, -0.1) is 0 Å². The molecule has 29 heavy (non-hydrogen) atoms. The third-order valence-electron chi connectivity index (χ3n) is 4.38. The smallest absolute Gasteiger partial charge is 0.148 e. The predicted molar refractivity (Wildman–Crippen MR) is 128 cm³/mol. The van der Waals surface area contributed by atoms with Crippen LogP contribution in [-0.2, 0) is 0 Å². The highest BCUT2D eigenvalue weighted by Gasteiger charge is 2.22. The number of para-hydroxylation sites is 1. The Kier molecular flexibility index (Phi) is 9.01. The molecule has 154 valence electrons. The van der Waals surface area contributed by atoms with Gasteiger partial charge >= 0.3 is 0 Å². The number of aliphatic imine (C=N–C) groups is 1. The molecule has 0 saturated heterocycles. The Labute approximate surface area is 180 Å². The quantitative estimate of drug-likeness (QED) is 0.502. The van der Waals surface area contributed by atoms with Gasteiger partial charge in [0.1, 0.15) is 12.0 Å². The molecule has 0 amide bonds. The highest BCUT2D eigenvalue weighted by atomic mass is 35.5. The second kappa shape index (κ2) is 11.5. The van der Waals surface area contributed by atoms with Crippen molar-refractivity contribution >= 4 is 23.1 Å². The molecule has 1 heterocycles. The molecule has 1 atom stereocenters. The third-order valence-corrected chi connectivity index (χ3v) is 4.73. The lowest BCUT2D eigenvalue weighted by molar-refractivity contribution is 0.772. The molecule has 0 saturated carbocycles. The average molecular weight is 410 g/mol. The minimum atomic E-state index is -0.240. The second-order valence-corrected chi connectivity index (χ2v) is 7.72.